The third kappa shape index (κ3) is 3.77. The van der Waals surface area contributed by atoms with E-state index in [1.807, 2.05) is 26.0 Å². The van der Waals surface area contributed by atoms with Crippen molar-refractivity contribution < 1.29 is 4.42 Å². The number of nitrogens with zero attached hydrogens (tertiary/aromatic N) is 1. The van der Waals surface area contributed by atoms with E-state index >= 15 is 0 Å². The van der Waals surface area contributed by atoms with Gasteiger partial charge in [0.15, 0.2) is 0 Å². The molecule has 0 aliphatic rings. The smallest absolute Gasteiger partial charge is 0.120 e. The minimum absolute atomic E-state index is 0.203. The molecule has 1 atom stereocenters. The third-order valence-electron chi connectivity index (χ3n) is 2.47. The first-order valence-corrected chi connectivity index (χ1v) is 5.23. The molecular weight excluding hydrogens is 188 g/mol. The van der Waals surface area contributed by atoms with Crippen LogP contribution in [0.15, 0.2) is 22.8 Å². The predicted octanol–water partition coefficient (Wildman–Crippen LogP) is 2.87. The van der Waals surface area contributed by atoms with Gasteiger partial charge in [-0.25, -0.2) is 0 Å². The van der Waals surface area contributed by atoms with Crippen molar-refractivity contribution in [3.05, 3.63) is 24.2 Å². The lowest BCUT2D eigenvalue weighted by Crippen LogP contribution is -2.23. The van der Waals surface area contributed by atoms with Crippen LogP contribution in [0.3, 0.4) is 0 Å². The van der Waals surface area contributed by atoms with E-state index in [0.29, 0.717) is 0 Å². The van der Waals surface area contributed by atoms with Gasteiger partial charge in [0.1, 0.15) is 5.76 Å². The van der Waals surface area contributed by atoms with Crippen LogP contribution >= 0.6 is 0 Å². The molecular formula is C12H18N2O. The SMILES string of the molecule is CC(NCCC(C)(C)C#N)c1ccco1. The molecule has 1 unspecified atom stereocenters. The van der Waals surface area contributed by atoms with Gasteiger partial charge >= 0.3 is 0 Å². The van der Waals surface area contributed by atoms with Crippen molar-refractivity contribution in [2.75, 3.05) is 6.54 Å². The van der Waals surface area contributed by atoms with Gasteiger partial charge in [-0.15, -0.1) is 0 Å². The van der Waals surface area contributed by atoms with Crippen LogP contribution < -0.4 is 5.32 Å². The van der Waals surface area contributed by atoms with Crippen molar-refractivity contribution >= 4 is 0 Å². The molecule has 0 radical (unpaired) electrons. The van der Waals surface area contributed by atoms with Gasteiger partial charge in [-0.2, -0.15) is 5.26 Å². The maximum Gasteiger partial charge on any atom is 0.120 e. The van der Waals surface area contributed by atoms with Crippen LogP contribution in [0.2, 0.25) is 0 Å². The zero-order chi connectivity index (χ0) is 11.3. The number of rotatable bonds is 5. The second-order valence-corrected chi connectivity index (χ2v) is 4.44. The van der Waals surface area contributed by atoms with Crippen LogP contribution in [0, 0.1) is 16.7 Å². The molecule has 1 N–H and O–H groups in total. The standard InChI is InChI=1S/C12H18N2O/c1-10(11-5-4-8-15-11)14-7-6-12(2,3)9-13/h4-5,8,10,14H,6-7H2,1-3H3. The topological polar surface area (TPSA) is 49.0 Å². The summed E-state index contributed by atoms with van der Waals surface area (Å²) in [4.78, 5) is 0. The van der Waals surface area contributed by atoms with Crippen molar-refractivity contribution in [2.45, 2.75) is 33.2 Å². The number of hydrogen-bond donors (Lipinski definition) is 1. The van der Waals surface area contributed by atoms with Crippen molar-refractivity contribution in [1.82, 2.24) is 5.32 Å². The summed E-state index contributed by atoms with van der Waals surface area (Å²) in [5.41, 5.74) is -0.254. The van der Waals surface area contributed by atoms with Gasteiger partial charge in [0.25, 0.3) is 0 Å². The Morgan fingerprint density at radius 1 is 1.60 bits per heavy atom. The molecule has 1 heterocycles. The van der Waals surface area contributed by atoms with E-state index in [4.69, 9.17) is 9.68 Å². The fraction of sp³-hybridized carbons (Fsp3) is 0.583. The van der Waals surface area contributed by atoms with Gasteiger partial charge in [0, 0.05) is 0 Å². The minimum atomic E-state index is -0.254. The van der Waals surface area contributed by atoms with Crippen LogP contribution in [0.25, 0.3) is 0 Å². The molecule has 1 rings (SSSR count). The molecule has 0 aliphatic carbocycles. The highest BCUT2D eigenvalue weighted by atomic mass is 16.3. The van der Waals surface area contributed by atoms with Crippen LogP contribution in [-0.2, 0) is 0 Å². The molecule has 3 nitrogen and oxygen atoms in total. The average Bonchev–Trinajstić information content (AvgIpc) is 2.70. The Kier molecular flexibility index (Phi) is 3.93. The average molecular weight is 206 g/mol. The molecule has 15 heavy (non-hydrogen) atoms. The zero-order valence-electron chi connectivity index (χ0n) is 9.58. The Bertz CT molecular complexity index is 322. The molecule has 0 spiro atoms. The second-order valence-electron chi connectivity index (χ2n) is 4.44. The van der Waals surface area contributed by atoms with Gasteiger partial charge in [0.2, 0.25) is 0 Å². The molecule has 0 saturated heterocycles. The van der Waals surface area contributed by atoms with E-state index in [0.717, 1.165) is 18.7 Å². The number of nitrogens with one attached hydrogen (secondary N) is 1. The first-order valence-electron chi connectivity index (χ1n) is 5.23. The fourth-order valence-corrected chi connectivity index (χ4v) is 1.30. The summed E-state index contributed by atoms with van der Waals surface area (Å²) in [7, 11) is 0. The van der Waals surface area contributed by atoms with Crippen LogP contribution in [-0.4, -0.2) is 6.54 Å². The third-order valence-corrected chi connectivity index (χ3v) is 2.47. The summed E-state index contributed by atoms with van der Waals surface area (Å²) in [6.45, 7) is 6.78. The quantitative estimate of drug-likeness (QED) is 0.805. The minimum Gasteiger partial charge on any atom is -0.468 e. The van der Waals surface area contributed by atoms with Crippen LogP contribution in [0.5, 0.6) is 0 Å². The first-order chi connectivity index (χ1) is 7.05. The molecule has 82 valence electrons. The summed E-state index contributed by atoms with van der Waals surface area (Å²) in [6, 6.07) is 6.32. The summed E-state index contributed by atoms with van der Waals surface area (Å²) >= 11 is 0. The molecule has 0 aliphatic heterocycles. The van der Waals surface area contributed by atoms with E-state index in [9.17, 15) is 0 Å². The Morgan fingerprint density at radius 2 is 2.33 bits per heavy atom. The molecule has 3 heteroatoms. The Morgan fingerprint density at radius 3 is 2.87 bits per heavy atom. The predicted molar refractivity (Wildman–Crippen MR) is 59.1 cm³/mol. The molecule has 0 saturated carbocycles. The van der Waals surface area contributed by atoms with Crippen molar-refractivity contribution in [3.8, 4) is 6.07 Å². The number of furan rings is 1. The van der Waals surface area contributed by atoms with Gasteiger partial charge in [-0.05, 0) is 45.9 Å². The second kappa shape index (κ2) is 4.99. The van der Waals surface area contributed by atoms with Gasteiger partial charge < -0.3 is 9.73 Å². The summed E-state index contributed by atoms with van der Waals surface area (Å²) < 4.78 is 5.28. The fourth-order valence-electron chi connectivity index (χ4n) is 1.30. The van der Waals surface area contributed by atoms with E-state index in [1.165, 1.54) is 0 Å². The van der Waals surface area contributed by atoms with E-state index in [2.05, 4.69) is 18.3 Å². The lowest BCUT2D eigenvalue weighted by molar-refractivity contribution is 0.386. The number of hydrogen-bond acceptors (Lipinski definition) is 3. The lowest BCUT2D eigenvalue weighted by Gasteiger charge is -2.17. The molecule has 1 aromatic rings. The molecule has 0 bridgehead atoms. The van der Waals surface area contributed by atoms with Crippen LogP contribution in [0.4, 0.5) is 0 Å². The van der Waals surface area contributed by atoms with E-state index in [1.54, 1.807) is 6.26 Å². The maximum absolute atomic E-state index is 8.85. The Balaban J connectivity index is 2.30. The Hall–Kier alpha value is -1.27. The Labute approximate surface area is 91.1 Å². The zero-order valence-corrected chi connectivity index (χ0v) is 9.58. The lowest BCUT2D eigenvalue weighted by atomic mass is 9.91. The molecule has 0 aromatic carbocycles. The van der Waals surface area contributed by atoms with Gasteiger partial charge in [-0.1, -0.05) is 0 Å². The van der Waals surface area contributed by atoms with Gasteiger partial charge in [0.05, 0.1) is 23.8 Å². The van der Waals surface area contributed by atoms with E-state index < -0.39 is 0 Å². The van der Waals surface area contributed by atoms with Crippen molar-refractivity contribution in [2.24, 2.45) is 5.41 Å². The maximum atomic E-state index is 8.85. The van der Waals surface area contributed by atoms with E-state index in [-0.39, 0.29) is 11.5 Å². The highest BCUT2D eigenvalue weighted by Crippen LogP contribution is 2.18. The molecule has 0 fully saturated rings. The van der Waals surface area contributed by atoms with Crippen molar-refractivity contribution in [1.29, 1.82) is 5.26 Å². The number of nitriles is 1. The largest absolute Gasteiger partial charge is 0.468 e. The van der Waals surface area contributed by atoms with Crippen molar-refractivity contribution in [3.63, 3.8) is 0 Å². The first kappa shape index (κ1) is 11.8. The monoisotopic (exact) mass is 206 g/mol. The summed E-state index contributed by atoms with van der Waals surface area (Å²) in [5.74, 6) is 0.935. The summed E-state index contributed by atoms with van der Waals surface area (Å²) in [5, 5.41) is 12.2. The molecule has 0 amide bonds. The van der Waals surface area contributed by atoms with Crippen LogP contribution in [0.1, 0.15) is 39.0 Å². The highest BCUT2D eigenvalue weighted by molar-refractivity contribution is 5.03. The summed E-state index contributed by atoms with van der Waals surface area (Å²) in [6.07, 6.45) is 2.52. The molecule has 1 aromatic heterocycles. The normalized spacial score (nSPS) is 13.5. The van der Waals surface area contributed by atoms with Gasteiger partial charge in [-0.3, -0.25) is 0 Å². The highest BCUT2D eigenvalue weighted by Gasteiger charge is 2.16.